The lowest BCUT2D eigenvalue weighted by molar-refractivity contribution is -0.138. The first-order valence-electron chi connectivity index (χ1n) is 13.2. The van der Waals surface area contributed by atoms with Crippen LogP contribution in [0, 0.1) is 11.3 Å². The average Bonchev–Trinajstić information content (AvgIpc) is 2.81. The monoisotopic (exact) mass is 546 g/mol. The van der Waals surface area contributed by atoms with Gasteiger partial charge in [0.15, 0.2) is 0 Å². The summed E-state index contributed by atoms with van der Waals surface area (Å²) >= 11 is 0. The smallest absolute Gasteiger partial charge is 0.380 e. The van der Waals surface area contributed by atoms with E-state index >= 15 is 0 Å². The zero-order valence-electron chi connectivity index (χ0n) is 22.0. The van der Waals surface area contributed by atoms with E-state index in [1.165, 1.54) is 19.1 Å². The lowest BCUT2D eigenvalue weighted by Gasteiger charge is -2.22. The van der Waals surface area contributed by atoms with E-state index in [-0.39, 0.29) is 17.9 Å². The number of aliphatic hydroxyl groups is 1. The van der Waals surface area contributed by atoms with E-state index < -0.39 is 38.6 Å². The molecule has 1 aromatic carbocycles. The van der Waals surface area contributed by atoms with Crippen molar-refractivity contribution in [3.05, 3.63) is 29.3 Å². The Morgan fingerprint density at radius 3 is 1.97 bits per heavy atom. The number of nitrogens with zero attached hydrogens (tertiary/aromatic N) is 1. The van der Waals surface area contributed by atoms with Crippen LogP contribution in [-0.4, -0.2) is 36.5 Å². The predicted octanol–water partition coefficient (Wildman–Crippen LogP) is 6.77. The van der Waals surface area contributed by atoms with E-state index in [1.54, 1.807) is 0 Å². The quantitative estimate of drug-likeness (QED) is 0.198. The van der Waals surface area contributed by atoms with Gasteiger partial charge in [0, 0.05) is 5.69 Å². The van der Waals surface area contributed by atoms with Crippen LogP contribution in [0.3, 0.4) is 0 Å². The highest BCUT2D eigenvalue weighted by atomic mass is 32.2. The third-order valence-corrected chi connectivity index (χ3v) is 8.19. The number of hydrogen-bond acceptors (Lipinski definition) is 5. The highest BCUT2D eigenvalue weighted by molar-refractivity contribution is 7.91. The molecule has 0 fully saturated rings. The highest BCUT2D eigenvalue weighted by Gasteiger charge is 2.35. The summed E-state index contributed by atoms with van der Waals surface area (Å²) in [6.07, 6.45) is 6.23. The van der Waals surface area contributed by atoms with Gasteiger partial charge in [-0.1, -0.05) is 71.1 Å². The normalized spacial score (nSPS) is 13.6. The molecular weight excluding hydrogens is 505 g/mol. The van der Waals surface area contributed by atoms with Gasteiger partial charge in [-0.3, -0.25) is 4.79 Å². The van der Waals surface area contributed by atoms with E-state index in [1.807, 2.05) is 0 Å². The second kappa shape index (κ2) is 16.0. The molecule has 0 saturated carbocycles. The minimum Gasteiger partial charge on any atom is -0.380 e. The molecule has 1 amide bonds. The van der Waals surface area contributed by atoms with Crippen molar-refractivity contribution in [2.75, 3.05) is 16.8 Å². The zero-order chi connectivity index (χ0) is 28.0. The van der Waals surface area contributed by atoms with Crippen LogP contribution in [0.2, 0.25) is 0 Å². The lowest BCUT2D eigenvalue weighted by atomic mass is 9.96. The summed E-state index contributed by atoms with van der Waals surface area (Å²) < 4.78 is 63.2. The number of carbonyl (C=O) groups excluding carboxylic acids is 1. The predicted molar refractivity (Wildman–Crippen MR) is 140 cm³/mol. The standard InChI is InChI=1S/C27H41F3N2O4S/c1-3-4-13-18-37(35,36)19-14-11-9-7-5-6-8-10-12-17-26(2,34)25(33)32-23-16-15-22(21-31)24(20-23)27(28,29)30/h15-16,20,34H,3-14,17-19H2,1-2H3,(H,32,33)/t26-/m0/s1. The Kier molecular flexibility index (Phi) is 14.2. The van der Waals surface area contributed by atoms with Gasteiger partial charge in [-0.05, 0) is 44.4 Å². The van der Waals surface area contributed by atoms with E-state index in [0.717, 1.165) is 70.3 Å². The summed E-state index contributed by atoms with van der Waals surface area (Å²) in [5.74, 6) is -0.222. The minimum atomic E-state index is -4.73. The molecule has 0 aliphatic carbocycles. The van der Waals surface area contributed by atoms with Gasteiger partial charge in [0.1, 0.15) is 15.4 Å². The van der Waals surface area contributed by atoms with E-state index in [0.29, 0.717) is 24.7 Å². The molecule has 0 spiro atoms. The molecule has 0 aliphatic heterocycles. The molecule has 0 heterocycles. The summed E-state index contributed by atoms with van der Waals surface area (Å²) in [5, 5.41) is 21.7. The van der Waals surface area contributed by atoms with Crippen molar-refractivity contribution >= 4 is 21.4 Å². The van der Waals surface area contributed by atoms with Crippen LogP contribution in [0.5, 0.6) is 0 Å². The largest absolute Gasteiger partial charge is 0.417 e. The van der Waals surface area contributed by atoms with Crippen LogP contribution >= 0.6 is 0 Å². The molecule has 6 nitrogen and oxygen atoms in total. The van der Waals surface area contributed by atoms with E-state index in [9.17, 15) is 31.5 Å². The number of benzene rings is 1. The van der Waals surface area contributed by atoms with Gasteiger partial charge in [0.05, 0.1) is 28.7 Å². The summed E-state index contributed by atoms with van der Waals surface area (Å²) in [6, 6.07) is 4.37. The van der Waals surface area contributed by atoms with E-state index in [4.69, 9.17) is 5.26 Å². The summed E-state index contributed by atoms with van der Waals surface area (Å²) in [7, 11) is -2.91. The maximum atomic E-state index is 13.1. The van der Waals surface area contributed by atoms with Gasteiger partial charge < -0.3 is 10.4 Å². The number of anilines is 1. The number of hydrogen-bond donors (Lipinski definition) is 2. The Labute approximate surface area is 219 Å². The molecule has 0 aliphatic rings. The Morgan fingerprint density at radius 2 is 1.46 bits per heavy atom. The van der Waals surface area contributed by atoms with Crippen molar-refractivity contribution in [3.8, 4) is 6.07 Å². The second-order valence-corrected chi connectivity index (χ2v) is 12.2. The second-order valence-electron chi connectivity index (χ2n) is 9.89. The molecule has 210 valence electrons. The fourth-order valence-corrected chi connectivity index (χ4v) is 5.53. The number of amides is 1. The van der Waals surface area contributed by atoms with Crippen LogP contribution in [0.1, 0.15) is 108 Å². The molecule has 2 N–H and O–H groups in total. The number of unbranched alkanes of at least 4 members (excludes halogenated alkanes) is 10. The molecule has 1 rings (SSSR count). The van der Waals surface area contributed by atoms with Crippen LogP contribution < -0.4 is 5.32 Å². The number of nitrogens with one attached hydrogen (secondary N) is 1. The number of carbonyl (C=O) groups is 1. The Bertz CT molecular complexity index is 986. The fourth-order valence-electron chi connectivity index (χ4n) is 4.04. The van der Waals surface area contributed by atoms with Crippen molar-refractivity contribution < 1.29 is 31.5 Å². The average molecular weight is 547 g/mol. The minimum absolute atomic E-state index is 0.134. The van der Waals surface area contributed by atoms with Crippen LogP contribution in [0.15, 0.2) is 18.2 Å². The van der Waals surface area contributed by atoms with Gasteiger partial charge >= 0.3 is 6.18 Å². The maximum absolute atomic E-state index is 13.1. The molecule has 1 aromatic rings. The molecule has 0 saturated heterocycles. The zero-order valence-corrected chi connectivity index (χ0v) is 22.8. The van der Waals surface area contributed by atoms with Crippen molar-refractivity contribution in [1.82, 2.24) is 0 Å². The Hall–Kier alpha value is -2.12. The van der Waals surface area contributed by atoms with Crippen LogP contribution in [-0.2, 0) is 20.8 Å². The first kappa shape index (κ1) is 32.9. The molecule has 0 bridgehead atoms. The van der Waals surface area contributed by atoms with Gasteiger partial charge in [0.2, 0.25) is 0 Å². The molecule has 0 radical (unpaired) electrons. The molecule has 10 heteroatoms. The number of sulfone groups is 1. The number of halogens is 3. The number of rotatable bonds is 18. The fraction of sp³-hybridized carbons (Fsp3) is 0.704. The Morgan fingerprint density at radius 1 is 0.946 bits per heavy atom. The third-order valence-electron chi connectivity index (χ3n) is 6.37. The number of nitriles is 1. The molecule has 37 heavy (non-hydrogen) atoms. The van der Waals surface area contributed by atoms with Crippen molar-refractivity contribution in [3.63, 3.8) is 0 Å². The first-order valence-corrected chi connectivity index (χ1v) is 15.0. The lowest BCUT2D eigenvalue weighted by Crippen LogP contribution is -2.40. The molecule has 1 atom stereocenters. The summed E-state index contributed by atoms with van der Waals surface area (Å²) in [6.45, 7) is 3.39. The van der Waals surface area contributed by atoms with Crippen molar-refractivity contribution in [1.29, 1.82) is 5.26 Å². The van der Waals surface area contributed by atoms with Crippen molar-refractivity contribution in [2.24, 2.45) is 0 Å². The summed E-state index contributed by atoms with van der Waals surface area (Å²) in [4.78, 5) is 12.4. The number of alkyl halides is 3. The third kappa shape index (κ3) is 13.3. The van der Waals surface area contributed by atoms with Gasteiger partial charge in [-0.2, -0.15) is 18.4 Å². The van der Waals surface area contributed by atoms with Gasteiger partial charge in [0.25, 0.3) is 5.91 Å². The van der Waals surface area contributed by atoms with Crippen molar-refractivity contribution in [2.45, 2.75) is 109 Å². The maximum Gasteiger partial charge on any atom is 0.417 e. The summed E-state index contributed by atoms with van der Waals surface area (Å²) in [5.41, 5.74) is -3.54. The Balaban J connectivity index is 2.24. The van der Waals surface area contributed by atoms with E-state index in [2.05, 4.69) is 12.2 Å². The first-order chi connectivity index (χ1) is 17.3. The van der Waals surface area contributed by atoms with Gasteiger partial charge in [-0.25, -0.2) is 8.42 Å². The van der Waals surface area contributed by atoms with Crippen LogP contribution in [0.25, 0.3) is 0 Å². The van der Waals surface area contributed by atoms with Gasteiger partial charge in [-0.15, -0.1) is 0 Å². The molecular formula is C27H41F3N2O4S. The highest BCUT2D eigenvalue weighted by Crippen LogP contribution is 2.33. The molecule has 0 aromatic heterocycles. The van der Waals surface area contributed by atoms with Crippen LogP contribution in [0.4, 0.5) is 18.9 Å². The molecule has 0 unspecified atom stereocenters. The topological polar surface area (TPSA) is 107 Å². The SMILES string of the molecule is CCCCCS(=O)(=O)CCCCCCCCCCC[C@](C)(O)C(=O)Nc1ccc(C#N)c(C(F)(F)F)c1.